The molecule has 0 radical (unpaired) electrons. The predicted molar refractivity (Wildman–Crippen MR) is 108 cm³/mol. The molecule has 1 fully saturated rings. The van der Waals surface area contributed by atoms with E-state index in [1.165, 1.54) is 40.6 Å². The second-order valence-electron chi connectivity index (χ2n) is 7.56. The molecule has 2 bridgehead atoms. The fraction of sp³-hybridized carbons (Fsp3) is 0.318. The number of fused-ring (bicyclic) bond motifs is 6. The van der Waals surface area contributed by atoms with E-state index in [1.807, 2.05) is 24.5 Å². The van der Waals surface area contributed by atoms with Gasteiger partial charge in [0.05, 0.1) is 5.52 Å². The lowest BCUT2D eigenvalue weighted by Gasteiger charge is -2.32. The van der Waals surface area contributed by atoms with Gasteiger partial charge in [-0.3, -0.25) is 9.88 Å². The van der Waals surface area contributed by atoms with Gasteiger partial charge in [-0.05, 0) is 67.8 Å². The van der Waals surface area contributed by atoms with Crippen molar-refractivity contribution < 1.29 is 0 Å². The smallest absolute Gasteiger partial charge is 0.0529 e. The molecule has 0 aliphatic carbocycles. The number of benzene rings is 1. The summed E-state index contributed by atoms with van der Waals surface area (Å²) in [5.41, 5.74) is 6.57. The van der Waals surface area contributed by atoms with Gasteiger partial charge < -0.3 is 4.57 Å². The maximum atomic E-state index is 6.36. The van der Waals surface area contributed by atoms with Crippen LogP contribution in [0, 0.1) is 0 Å². The number of aromatic nitrogens is 2. The first kappa shape index (κ1) is 16.1. The number of halogens is 1. The molecular weight excluding hydrogens is 342 g/mol. The van der Waals surface area contributed by atoms with Crippen molar-refractivity contribution in [3.8, 4) is 0 Å². The zero-order valence-electron chi connectivity index (χ0n) is 15.1. The van der Waals surface area contributed by atoms with Crippen molar-refractivity contribution in [2.24, 2.45) is 0 Å². The molecule has 2 unspecified atom stereocenters. The minimum atomic E-state index is 0.512. The average Bonchev–Trinajstić information content (AvgIpc) is 3.06. The summed E-state index contributed by atoms with van der Waals surface area (Å²) in [7, 11) is 2.27. The fourth-order valence-corrected chi connectivity index (χ4v) is 4.96. The molecule has 2 aliphatic rings. The van der Waals surface area contributed by atoms with Crippen LogP contribution < -0.4 is 0 Å². The molecule has 2 aliphatic heterocycles. The summed E-state index contributed by atoms with van der Waals surface area (Å²) in [6, 6.07) is 11.6. The van der Waals surface area contributed by atoms with E-state index in [4.69, 9.17) is 11.6 Å². The van der Waals surface area contributed by atoms with Crippen LogP contribution in [0.4, 0.5) is 0 Å². The molecule has 132 valence electrons. The van der Waals surface area contributed by atoms with Crippen LogP contribution >= 0.6 is 11.6 Å². The molecule has 0 saturated carbocycles. The van der Waals surface area contributed by atoms with Crippen molar-refractivity contribution in [2.75, 3.05) is 7.05 Å². The molecule has 0 N–H and O–H groups in total. The first-order chi connectivity index (χ1) is 12.6. The highest BCUT2D eigenvalue weighted by molar-refractivity contribution is 6.31. The van der Waals surface area contributed by atoms with E-state index in [0.29, 0.717) is 12.1 Å². The van der Waals surface area contributed by atoms with Gasteiger partial charge in [0.15, 0.2) is 0 Å². The Morgan fingerprint density at radius 2 is 2.15 bits per heavy atom. The summed E-state index contributed by atoms with van der Waals surface area (Å²) in [6.07, 6.45) is 9.65. The van der Waals surface area contributed by atoms with Crippen molar-refractivity contribution in [1.29, 1.82) is 0 Å². The van der Waals surface area contributed by atoms with Crippen LogP contribution in [0.2, 0.25) is 5.02 Å². The molecule has 4 heteroatoms. The largest absolute Gasteiger partial charge is 0.320 e. The van der Waals surface area contributed by atoms with Crippen LogP contribution in [-0.4, -0.2) is 27.5 Å². The molecule has 1 aromatic carbocycles. The Kier molecular flexibility index (Phi) is 3.70. The molecule has 3 aromatic rings. The Morgan fingerprint density at radius 3 is 2.96 bits per heavy atom. The van der Waals surface area contributed by atoms with Gasteiger partial charge in [-0.1, -0.05) is 17.7 Å². The second-order valence-corrected chi connectivity index (χ2v) is 8.00. The lowest BCUT2D eigenvalue weighted by molar-refractivity contribution is 0.223. The molecule has 5 rings (SSSR count). The number of rotatable bonds is 2. The minimum absolute atomic E-state index is 0.512. The normalized spacial score (nSPS) is 22.8. The fourth-order valence-electron chi connectivity index (χ4n) is 4.79. The van der Waals surface area contributed by atoms with Crippen LogP contribution in [0.15, 0.2) is 42.7 Å². The molecule has 0 amide bonds. The van der Waals surface area contributed by atoms with Crippen LogP contribution in [0.25, 0.3) is 22.7 Å². The van der Waals surface area contributed by atoms with Gasteiger partial charge in [-0.25, -0.2) is 0 Å². The summed E-state index contributed by atoms with van der Waals surface area (Å²) < 4.78 is 2.40. The molecule has 3 nitrogen and oxygen atoms in total. The number of hydrogen-bond acceptors (Lipinski definition) is 2. The van der Waals surface area contributed by atoms with Gasteiger partial charge in [0.1, 0.15) is 0 Å². The van der Waals surface area contributed by atoms with Crippen LogP contribution in [0.1, 0.15) is 42.6 Å². The number of hydrogen-bond donors (Lipinski definition) is 0. The predicted octanol–water partition coefficient (Wildman–Crippen LogP) is 5.40. The quantitative estimate of drug-likeness (QED) is 0.607. The maximum Gasteiger partial charge on any atom is 0.0529 e. The zero-order chi connectivity index (χ0) is 17.8. The zero-order valence-corrected chi connectivity index (χ0v) is 15.9. The maximum absolute atomic E-state index is 6.36. The minimum Gasteiger partial charge on any atom is -0.320 e. The van der Waals surface area contributed by atoms with E-state index in [9.17, 15) is 0 Å². The van der Waals surface area contributed by atoms with Gasteiger partial charge in [0.2, 0.25) is 0 Å². The van der Waals surface area contributed by atoms with E-state index in [-0.39, 0.29) is 0 Å². The summed E-state index contributed by atoms with van der Waals surface area (Å²) in [5.74, 6) is 0. The summed E-state index contributed by atoms with van der Waals surface area (Å²) >= 11 is 6.36. The molecule has 0 spiro atoms. The Bertz CT molecular complexity index is 1020. The number of pyridine rings is 1. The molecule has 26 heavy (non-hydrogen) atoms. The summed E-state index contributed by atoms with van der Waals surface area (Å²) in [4.78, 5) is 6.83. The number of nitrogens with zero attached hydrogens (tertiary/aromatic N) is 3. The van der Waals surface area contributed by atoms with E-state index in [1.54, 1.807) is 0 Å². The van der Waals surface area contributed by atoms with Gasteiger partial charge in [-0.2, -0.15) is 0 Å². The van der Waals surface area contributed by atoms with E-state index in [2.05, 4.69) is 52.8 Å². The first-order valence-electron chi connectivity index (χ1n) is 9.26. The van der Waals surface area contributed by atoms with Crippen molar-refractivity contribution >= 4 is 34.3 Å². The standard InChI is InChI=1S/C22H22ClN3/c1-14(15-4-3-9-24-12-15)13-26-19-7-5-16(23)10-18(19)22-20-8-6-17(25(20)2)11-21(22)26/h3-5,7,9-10,12-13,17,20H,6,8,11H2,1-2H3. The second kappa shape index (κ2) is 5.97. The Morgan fingerprint density at radius 1 is 1.27 bits per heavy atom. The first-order valence-corrected chi connectivity index (χ1v) is 9.64. The number of allylic oxidation sites excluding steroid dienone is 1. The van der Waals surface area contributed by atoms with Crippen LogP contribution in [0.3, 0.4) is 0 Å². The van der Waals surface area contributed by atoms with E-state index >= 15 is 0 Å². The SMILES string of the molecule is CC(=Cn1c2c(c3cc(Cl)ccc31)C1CCC(C2)N1C)c1cccnc1. The lowest BCUT2D eigenvalue weighted by atomic mass is 9.97. The van der Waals surface area contributed by atoms with Crippen molar-refractivity contribution in [1.82, 2.24) is 14.5 Å². The van der Waals surface area contributed by atoms with Crippen LogP contribution in [-0.2, 0) is 6.42 Å². The van der Waals surface area contributed by atoms with Crippen molar-refractivity contribution in [3.63, 3.8) is 0 Å². The monoisotopic (exact) mass is 363 g/mol. The third kappa shape index (κ3) is 2.34. The van der Waals surface area contributed by atoms with Gasteiger partial charge >= 0.3 is 0 Å². The van der Waals surface area contributed by atoms with E-state index < -0.39 is 0 Å². The van der Waals surface area contributed by atoms with Gasteiger partial charge in [-0.15, -0.1) is 0 Å². The lowest BCUT2D eigenvalue weighted by Crippen LogP contribution is -2.34. The third-order valence-electron chi connectivity index (χ3n) is 6.15. The molecular formula is C22H22ClN3. The third-order valence-corrected chi connectivity index (χ3v) is 6.39. The molecule has 1 saturated heterocycles. The molecule has 4 heterocycles. The average molecular weight is 364 g/mol. The highest BCUT2D eigenvalue weighted by atomic mass is 35.5. The summed E-state index contributed by atoms with van der Waals surface area (Å²) in [6.45, 7) is 2.16. The highest BCUT2D eigenvalue weighted by Crippen LogP contribution is 2.47. The highest BCUT2D eigenvalue weighted by Gasteiger charge is 2.40. The Balaban J connectivity index is 1.75. The molecule has 2 aromatic heterocycles. The van der Waals surface area contributed by atoms with Gasteiger partial charge in [0.25, 0.3) is 0 Å². The van der Waals surface area contributed by atoms with Crippen molar-refractivity contribution in [3.05, 3.63) is 64.6 Å². The Hall–Kier alpha value is -2.10. The molecule has 2 atom stereocenters. The number of likely N-dealkylation sites (N-methyl/N-ethyl adjacent to an activating group) is 1. The summed E-state index contributed by atoms with van der Waals surface area (Å²) in [5, 5.41) is 2.12. The van der Waals surface area contributed by atoms with Gasteiger partial charge in [0, 0.05) is 53.2 Å². The topological polar surface area (TPSA) is 21.1 Å². The van der Waals surface area contributed by atoms with Crippen molar-refractivity contribution in [2.45, 2.75) is 38.3 Å². The Labute approximate surface area is 158 Å². The van der Waals surface area contributed by atoms with E-state index in [0.717, 1.165) is 17.0 Å². The van der Waals surface area contributed by atoms with Crippen LogP contribution in [0.5, 0.6) is 0 Å².